The molecule has 0 bridgehead atoms. The fraction of sp³-hybridized carbons (Fsp3) is 0.176. The van der Waals surface area contributed by atoms with Gasteiger partial charge < -0.3 is 15.4 Å². The summed E-state index contributed by atoms with van der Waals surface area (Å²) in [6.45, 7) is 1.64. The van der Waals surface area contributed by atoms with Crippen molar-refractivity contribution in [3.05, 3.63) is 53.6 Å². The molecule has 2 aromatic carbocycles. The summed E-state index contributed by atoms with van der Waals surface area (Å²) >= 11 is 9.08. The monoisotopic (exact) mass is 410 g/mol. The number of hydrogen-bond acceptors (Lipinski definition) is 3. The molecule has 0 aliphatic rings. The zero-order valence-electron chi connectivity index (χ0n) is 12.9. The first-order chi connectivity index (χ1) is 11.5. The van der Waals surface area contributed by atoms with E-state index < -0.39 is 6.10 Å². The van der Waals surface area contributed by atoms with Crippen molar-refractivity contribution in [3.63, 3.8) is 0 Å². The lowest BCUT2D eigenvalue weighted by Gasteiger charge is -2.15. The lowest BCUT2D eigenvalue weighted by Crippen LogP contribution is -2.30. The van der Waals surface area contributed by atoms with E-state index in [1.807, 2.05) is 0 Å². The summed E-state index contributed by atoms with van der Waals surface area (Å²) in [6.07, 6.45) is -0.710. The number of benzene rings is 2. The van der Waals surface area contributed by atoms with Gasteiger partial charge >= 0.3 is 0 Å². The third-order valence-electron chi connectivity index (χ3n) is 3.07. The predicted molar refractivity (Wildman–Crippen MR) is 99.0 cm³/mol. The zero-order chi connectivity index (χ0) is 17.5. The van der Waals surface area contributed by atoms with E-state index in [9.17, 15) is 9.59 Å². The summed E-state index contributed by atoms with van der Waals surface area (Å²) in [5.41, 5.74) is 1.25. The van der Waals surface area contributed by atoms with Crippen LogP contribution in [0.4, 0.5) is 11.4 Å². The van der Waals surface area contributed by atoms with Crippen molar-refractivity contribution in [1.82, 2.24) is 0 Å². The Balaban J connectivity index is 1.94. The number of carbonyl (C=O) groups is 2. The molecule has 1 unspecified atom stereocenters. The van der Waals surface area contributed by atoms with Gasteiger partial charge in [0, 0.05) is 11.4 Å². The summed E-state index contributed by atoms with van der Waals surface area (Å²) in [5, 5.41) is 6.12. The molecule has 2 amide bonds. The summed E-state index contributed by atoms with van der Waals surface area (Å²) in [4.78, 5) is 23.5. The van der Waals surface area contributed by atoms with E-state index in [0.29, 0.717) is 22.1 Å². The molecule has 0 aliphatic carbocycles. The molecule has 0 aliphatic heterocycles. The van der Waals surface area contributed by atoms with E-state index in [1.165, 1.54) is 0 Å². The molecule has 5 nitrogen and oxygen atoms in total. The first kappa shape index (κ1) is 18.3. The van der Waals surface area contributed by atoms with Crippen molar-refractivity contribution in [2.24, 2.45) is 0 Å². The smallest absolute Gasteiger partial charge is 0.265 e. The number of carbonyl (C=O) groups excluding carboxylic acids is 2. The van der Waals surface area contributed by atoms with Crippen molar-refractivity contribution in [2.45, 2.75) is 13.0 Å². The molecular formula is C17H16BrClN2O3. The minimum atomic E-state index is -0.710. The number of para-hydroxylation sites is 1. The van der Waals surface area contributed by atoms with Crippen LogP contribution in [0.5, 0.6) is 5.75 Å². The predicted octanol–water partition coefficient (Wildman–Crippen LogP) is 4.08. The molecular weight excluding hydrogens is 396 g/mol. The molecule has 0 heterocycles. The van der Waals surface area contributed by atoms with Gasteiger partial charge in [-0.2, -0.15) is 0 Å². The third-order valence-corrected chi connectivity index (χ3v) is 3.89. The minimum Gasteiger partial charge on any atom is -0.479 e. The average Bonchev–Trinajstić information content (AvgIpc) is 2.58. The number of alkyl halides is 1. The number of nitrogens with one attached hydrogen (secondary N) is 2. The standard InChI is InChI=1S/C17H16BrClN2O3/c1-11(24-15-5-3-2-4-14(15)19)17(23)21-13-8-6-12(7-9-13)20-16(22)10-18/h2-9,11H,10H2,1H3,(H,20,22)(H,21,23). The summed E-state index contributed by atoms with van der Waals surface area (Å²) in [6, 6.07) is 13.8. The Morgan fingerprint density at radius 3 is 2.25 bits per heavy atom. The van der Waals surface area contributed by atoms with Crippen molar-refractivity contribution in [2.75, 3.05) is 16.0 Å². The van der Waals surface area contributed by atoms with Gasteiger partial charge in [0.1, 0.15) is 5.75 Å². The minimum absolute atomic E-state index is 0.145. The van der Waals surface area contributed by atoms with Crippen LogP contribution in [-0.2, 0) is 9.59 Å². The van der Waals surface area contributed by atoms with Crippen LogP contribution in [-0.4, -0.2) is 23.2 Å². The molecule has 126 valence electrons. The second-order valence-corrected chi connectivity index (χ2v) is 5.91. The number of halogens is 2. The molecule has 0 saturated carbocycles. The second-order valence-electron chi connectivity index (χ2n) is 4.94. The molecule has 2 aromatic rings. The number of ether oxygens (including phenoxy) is 1. The molecule has 2 rings (SSSR count). The highest BCUT2D eigenvalue weighted by molar-refractivity contribution is 9.09. The Labute approximate surface area is 153 Å². The van der Waals surface area contributed by atoms with E-state index in [2.05, 4.69) is 26.6 Å². The molecule has 0 aromatic heterocycles. The summed E-state index contributed by atoms with van der Waals surface area (Å²) < 4.78 is 5.56. The fourth-order valence-corrected chi connectivity index (χ4v) is 2.18. The average molecular weight is 412 g/mol. The van der Waals surface area contributed by atoms with Crippen molar-refractivity contribution in [3.8, 4) is 5.75 Å². The van der Waals surface area contributed by atoms with Gasteiger partial charge in [-0.05, 0) is 43.3 Å². The van der Waals surface area contributed by atoms with Gasteiger partial charge in [0.05, 0.1) is 10.4 Å². The van der Waals surface area contributed by atoms with Gasteiger partial charge in [0.15, 0.2) is 6.10 Å². The van der Waals surface area contributed by atoms with Crippen LogP contribution in [0, 0.1) is 0 Å². The SMILES string of the molecule is CC(Oc1ccccc1Cl)C(=O)Nc1ccc(NC(=O)CBr)cc1. The van der Waals surface area contributed by atoms with Crippen LogP contribution < -0.4 is 15.4 Å². The Kier molecular flexibility index (Phi) is 6.63. The molecule has 7 heteroatoms. The maximum atomic E-state index is 12.2. The molecule has 1 atom stereocenters. The normalized spacial score (nSPS) is 11.5. The maximum absolute atomic E-state index is 12.2. The highest BCUT2D eigenvalue weighted by Gasteiger charge is 2.16. The number of hydrogen-bond donors (Lipinski definition) is 2. The van der Waals surface area contributed by atoms with E-state index in [0.717, 1.165) is 0 Å². The fourth-order valence-electron chi connectivity index (χ4n) is 1.86. The summed E-state index contributed by atoms with van der Waals surface area (Å²) in [7, 11) is 0. The highest BCUT2D eigenvalue weighted by Crippen LogP contribution is 2.24. The maximum Gasteiger partial charge on any atom is 0.265 e. The topological polar surface area (TPSA) is 67.4 Å². The van der Waals surface area contributed by atoms with Gasteiger partial charge in [-0.3, -0.25) is 9.59 Å². The van der Waals surface area contributed by atoms with E-state index in [-0.39, 0.29) is 17.1 Å². The number of amides is 2. The number of anilines is 2. The Bertz CT molecular complexity index is 722. The Morgan fingerprint density at radius 2 is 1.67 bits per heavy atom. The molecule has 0 fully saturated rings. The van der Waals surface area contributed by atoms with Gasteiger partial charge in [-0.15, -0.1) is 0 Å². The van der Waals surface area contributed by atoms with Crippen molar-refractivity contribution < 1.29 is 14.3 Å². The molecule has 0 radical (unpaired) electrons. The van der Waals surface area contributed by atoms with Crippen LogP contribution in [0.3, 0.4) is 0 Å². The first-order valence-electron chi connectivity index (χ1n) is 7.17. The van der Waals surface area contributed by atoms with Crippen LogP contribution in [0.15, 0.2) is 48.5 Å². The lowest BCUT2D eigenvalue weighted by molar-refractivity contribution is -0.122. The number of rotatable bonds is 6. The van der Waals surface area contributed by atoms with Gasteiger partial charge in [-0.25, -0.2) is 0 Å². The first-order valence-corrected chi connectivity index (χ1v) is 8.67. The second kappa shape index (κ2) is 8.70. The lowest BCUT2D eigenvalue weighted by atomic mass is 10.2. The summed E-state index contributed by atoms with van der Waals surface area (Å²) in [5.74, 6) is 0.00959. The van der Waals surface area contributed by atoms with E-state index >= 15 is 0 Å². The molecule has 0 saturated heterocycles. The van der Waals surface area contributed by atoms with Crippen LogP contribution in [0.25, 0.3) is 0 Å². The molecule has 2 N–H and O–H groups in total. The highest BCUT2D eigenvalue weighted by atomic mass is 79.9. The zero-order valence-corrected chi connectivity index (χ0v) is 15.2. The van der Waals surface area contributed by atoms with Gasteiger partial charge in [0.2, 0.25) is 5.91 Å². The van der Waals surface area contributed by atoms with Crippen LogP contribution >= 0.6 is 27.5 Å². The van der Waals surface area contributed by atoms with Crippen LogP contribution in [0.1, 0.15) is 6.92 Å². The molecule has 0 spiro atoms. The largest absolute Gasteiger partial charge is 0.479 e. The Hall–Kier alpha value is -2.05. The van der Waals surface area contributed by atoms with E-state index in [1.54, 1.807) is 55.5 Å². The van der Waals surface area contributed by atoms with Crippen LogP contribution in [0.2, 0.25) is 5.02 Å². The quantitative estimate of drug-likeness (QED) is 0.704. The van der Waals surface area contributed by atoms with Gasteiger partial charge in [-0.1, -0.05) is 39.7 Å². The van der Waals surface area contributed by atoms with Crippen molar-refractivity contribution in [1.29, 1.82) is 0 Å². The third kappa shape index (κ3) is 5.25. The Morgan fingerprint density at radius 1 is 1.08 bits per heavy atom. The molecule has 24 heavy (non-hydrogen) atoms. The van der Waals surface area contributed by atoms with Gasteiger partial charge in [0.25, 0.3) is 5.91 Å². The van der Waals surface area contributed by atoms with E-state index in [4.69, 9.17) is 16.3 Å². The van der Waals surface area contributed by atoms with Crippen molar-refractivity contribution >= 4 is 50.7 Å².